The highest BCUT2D eigenvalue weighted by molar-refractivity contribution is 7.97. The Morgan fingerprint density at radius 3 is 3.00 bits per heavy atom. The monoisotopic (exact) mass is 415 g/mol. The molecule has 0 bridgehead atoms. The zero-order valence-corrected chi connectivity index (χ0v) is 16.7. The number of hydrogen-bond donors (Lipinski definition) is 2. The summed E-state index contributed by atoms with van der Waals surface area (Å²) in [5.41, 5.74) is 3.52. The molecule has 3 aromatic rings. The van der Waals surface area contributed by atoms with Crippen molar-refractivity contribution in [2.75, 3.05) is 12.8 Å². The zero-order chi connectivity index (χ0) is 19.7. The van der Waals surface area contributed by atoms with Gasteiger partial charge in [0.2, 0.25) is 0 Å². The second kappa shape index (κ2) is 7.81. The van der Waals surface area contributed by atoms with Gasteiger partial charge in [-0.25, -0.2) is 4.98 Å². The van der Waals surface area contributed by atoms with Crippen LogP contribution in [-0.2, 0) is 18.7 Å². The molecule has 9 heteroatoms. The molecule has 0 unspecified atom stereocenters. The molecular formula is C19H18ClN5O2S. The van der Waals surface area contributed by atoms with E-state index in [0.717, 1.165) is 22.5 Å². The Balaban J connectivity index is 1.63. The van der Waals surface area contributed by atoms with Crippen LogP contribution in [0.5, 0.6) is 0 Å². The molecule has 2 N–H and O–H groups in total. The van der Waals surface area contributed by atoms with Gasteiger partial charge < -0.3 is 9.88 Å². The number of H-pyrrole nitrogens is 2. The van der Waals surface area contributed by atoms with Crippen LogP contribution in [0.2, 0.25) is 5.02 Å². The van der Waals surface area contributed by atoms with Crippen LogP contribution in [0.1, 0.15) is 27.6 Å². The van der Waals surface area contributed by atoms with Crippen molar-refractivity contribution in [3.05, 3.63) is 68.5 Å². The molecule has 1 aliphatic heterocycles. The number of amides is 1. The second-order valence-corrected chi connectivity index (χ2v) is 7.83. The Morgan fingerprint density at radius 1 is 1.36 bits per heavy atom. The van der Waals surface area contributed by atoms with Gasteiger partial charge in [0, 0.05) is 40.9 Å². The predicted octanol–water partition coefficient (Wildman–Crippen LogP) is 2.87. The van der Waals surface area contributed by atoms with E-state index < -0.39 is 0 Å². The minimum Gasteiger partial charge on any atom is -0.332 e. The first-order valence-electron chi connectivity index (χ1n) is 8.75. The van der Waals surface area contributed by atoms with Crippen molar-refractivity contribution < 1.29 is 4.79 Å². The summed E-state index contributed by atoms with van der Waals surface area (Å²) in [7, 11) is 0. The number of hydrogen-bond acceptors (Lipinski definition) is 5. The number of carbonyl (C=O) groups is 1. The number of halogens is 1. The van der Waals surface area contributed by atoms with Crippen LogP contribution in [0, 0.1) is 0 Å². The maximum atomic E-state index is 13.0. The molecule has 1 aromatic carbocycles. The lowest BCUT2D eigenvalue weighted by Crippen LogP contribution is -2.37. The standard InChI is InChI=1S/C19H18ClN5O2S/c1-28-10-16-21-15(8-17(26)22-16)19(27)25-6-5-14-13(9-25)18(24-23-14)11-3-2-4-12(20)7-11/h2-4,7-8H,5-6,9-10H2,1H3,(H,23,24)(H,21,22,26). The van der Waals surface area contributed by atoms with Gasteiger partial charge in [0.15, 0.2) is 0 Å². The number of aromatic nitrogens is 4. The number of nitrogens with zero attached hydrogens (tertiary/aromatic N) is 3. The summed E-state index contributed by atoms with van der Waals surface area (Å²) in [6.45, 7) is 0.939. The summed E-state index contributed by atoms with van der Waals surface area (Å²) in [5.74, 6) is 0.794. The molecule has 0 fully saturated rings. The lowest BCUT2D eigenvalue weighted by atomic mass is 10.0. The minimum absolute atomic E-state index is 0.170. The van der Waals surface area contributed by atoms with E-state index in [0.29, 0.717) is 36.1 Å². The van der Waals surface area contributed by atoms with Gasteiger partial charge in [-0.1, -0.05) is 23.7 Å². The van der Waals surface area contributed by atoms with Gasteiger partial charge in [0.1, 0.15) is 11.5 Å². The number of benzene rings is 1. The van der Waals surface area contributed by atoms with Crippen LogP contribution >= 0.6 is 23.4 Å². The summed E-state index contributed by atoms with van der Waals surface area (Å²) in [6.07, 6.45) is 2.58. The molecule has 4 rings (SSSR count). The minimum atomic E-state index is -0.317. The smallest absolute Gasteiger partial charge is 0.273 e. The van der Waals surface area contributed by atoms with Crippen LogP contribution in [-0.4, -0.2) is 43.8 Å². The average molecular weight is 416 g/mol. The molecule has 28 heavy (non-hydrogen) atoms. The fourth-order valence-electron chi connectivity index (χ4n) is 3.33. The SMILES string of the molecule is CSCc1nc(C(=O)N2CCc3[nH]nc(-c4cccc(Cl)c4)c3C2)cc(=O)[nH]1. The number of fused-ring (bicyclic) bond motifs is 1. The number of thioether (sulfide) groups is 1. The fourth-order valence-corrected chi connectivity index (χ4v) is 3.93. The first kappa shape index (κ1) is 18.8. The maximum absolute atomic E-state index is 13.0. The van der Waals surface area contributed by atoms with Crippen molar-refractivity contribution in [1.82, 2.24) is 25.1 Å². The molecule has 1 amide bonds. The number of carbonyl (C=O) groups excluding carboxylic acids is 1. The molecule has 144 valence electrons. The number of aromatic amines is 2. The maximum Gasteiger partial charge on any atom is 0.273 e. The lowest BCUT2D eigenvalue weighted by Gasteiger charge is -2.27. The van der Waals surface area contributed by atoms with Crippen molar-refractivity contribution in [1.29, 1.82) is 0 Å². The largest absolute Gasteiger partial charge is 0.332 e. The lowest BCUT2D eigenvalue weighted by molar-refractivity contribution is 0.0728. The fraction of sp³-hybridized carbons (Fsp3) is 0.263. The second-order valence-electron chi connectivity index (χ2n) is 6.53. The first-order chi connectivity index (χ1) is 13.5. The van der Waals surface area contributed by atoms with Crippen LogP contribution in [0.4, 0.5) is 0 Å². The quantitative estimate of drug-likeness (QED) is 0.683. The average Bonchev–Trinajstić information content (AvgIpc) is 3.10. The van der Waals surface area contributed by atoms with Gasteiger partial charge in [0.25, 0.3) is 11.5 Å². The van der Waals surface area contributed by atoms with E-state index in [4.69, 9.17) is 11.6 Å². The summed E-state index contributed by atoms with van der Waals surface area (Å²) in [5, 5.41) is 8.14. The third-order valence-corrected chi connectivity index (χ3v) is 5.41. The van der Waals surface area contributed by atoms with Gasteiger partial charge in [-0.2, -0.15) is 16.9 Å². The summed E-state index contributed by atoms with van der Waals surface area (Å²) < 4.78 is 0. The summed E-state index contributed by atoms with van der Waals surface area (Å²) >= 11 is 7.65. The third kappa shape index (κ3) is 3.70. The molecule has 1 aliphatic rings. The van der Waals surface area contributed by atoms with E-state index in [1.807, 2.05) is 30.5 Å². The Bertz CT molecular complexity index is 1090. The van der Waals surface area contributed by atoms with Gasteiger partial charge in [-0.15, -0.1) is 0 Å². The zero-order valence-electron chi connectivity index (χ0n) is 15.2. The highest BCUT2D eigenvalue weighted by Gasteiger charge is 2.27. The molecule has 0 spiro atoms. The van der Waals surface area contributed by atoms with Crippen LogP contribution in [0.25, 0.3) is 11.3 Å². The van der Waals surface area contributed by atoms with Crippen molar-refractivity contribution in [2.24, 2.45) is 0 Å². The summed E-state index contributed by atoms with van der Waals surface area (Å²) in [6, 6.07) is 8.74. The Hall–Kier alpha value is -2.58. The van der Waals surface area contributed by atoms with Crippen LogP contribution in [0.15, 0.2) is 35.1 Å². The molecule has 0 saturated heterocycles. The van der Waals surface area contributed by atoms with Crippen molar-refractivity contribution in [3.63, 3.8) is 0 Å². The highest BCUT2D eigenvalue weighted by Crippen LogP contribution is 2.30. The molecular weight excluding hydrogens is 398 g/mol. The predicted molar refractivity (Wildman–Crippen MR) is 110 cm³/mol. The number of nitrogens with one attached hydrogen (secondary N) is 2. The Morgan fingerprint density at radius 2 is 2.21 bits per heavy atom. The van der Waals surface area contributed by atoms with E-state index in [9.17, 15) is 9.59 Å². The van der Waals surface area contributed by atoms with Crippen molar-refractivity contribution in [2.45, 2.75) is 18.7 Å². The van der Waals surface area contributed by atoms with Crippen molar-refractivity contribution >= 4 is 29.3 Å². The van der Waals surface area contributed by atoms with E-state index in [1.54, 1.807) is 4.90 Å². The molecule has 7 nitrogen and oxygen atoms in total. The molecule has 0 radical (unpaired) electrons. The van der Waals surface area contributed by atoms with Gasteiger partial charge in [0.05, 0.1) is 18.0 Å². The van der Waals surface area contributed by atoms with Crippen molar-refractivity contribution in [3.8, 4) is 11.3 Å². The van der Waals surface area contributed by atoms with E-state index in [2.05, 4.69) is 20.2 Å². The van der Waals surface area contributed by atoms with Gasteiger partial charge in [-0.05, 0) is 18.4 Å². The van der Waals surface area contributed by atoms with E-state index >= 15 is 0 Å². The van der Waals surface area contributed by atoms with Crippen LogP contribution < -0.4 is 5.56 Å². The topological polar surface area (TPSA) is 94.7 Å². The Labute approximate surface area is 170 Å². The molecule has 0 saturated carbocycles. The molecule has 0 aliphatic carbocycles. The summed E-state index contributed by atoms with van der Waals surface area (Å²) in [4.78, 5) is 33.6. The molecule has 2 aromatic heterocycles. The normalized spacial score (nSPS) is 13.4. The molecule has 0 atom stereocenters. The first-order valence-corrected chi connectivity index (χ1v) is 10.5. The van der Waals surface area contributed by atoms with E-state index in [-0.39, 0.29) is 17.2 Å². The van der Waals surface area contributed by atoms with Gasteiger partial charge in [-0.3, -0.25) is 14.7 Å². The molecule has 3 heterocycles. The van der Waals surface area contributed by atoms with E-state index in [1.165, 1.54) is 17.8 Å². The Kier molecular flexibility index (Phi) is 5.23. The van der Waals surface area contributed by atoms with Crippen LogP contribution in [0.3, 0.4) is 0 Å². The third-order valence-electron chi connectivity index (χ3n) is 4.61. The highest BCUT2D eigenvalue weighted by atomic mass is 35.5. The number of rotatable bonds is 4. The van der Waals surface area contributed by atoms with Gasteiger partial charge >= 0.3 is 0 Å².